The Hall–Kier alpha value is -0.980. The normalized spacial score (nSPS) is 11.9. The predicted octanol–water partition coefficient (Wildman–Crippen LogP) is 2.74. The Morgan fingerprint density at radius 3 is 2.94 bits per heavy atom. The highest BCUT2D eigenvalue weighted by molar-refractivity contribution is 9.10. The maximum atomic E-state index is 5.93. The SMILES string of the molecule is C#CCOc1ccc(Br)c(CC(N)CC)c1. The van der Waals surface area contributed by atoms with E-state index < -0.39 is 0 Å². The Balaban J connectivity index is 2.78. The molecule has 1 atom stereocenters. The van der Waals surface area contributed by atoms with Gasteiger partial charge in [-0.05, 0) is 36.6 Å². The Labute approximate surface area is 105 Å². The summed E-state index contributed by atoms with van der Waals surface area (Å²) in [6, 6.07) is 6.02. The van der Waals surface area contributed by atoms with E-state index in [0.29, 0.717) is 6.61 Å². The van der Waals surface area contributed by atoms with Gasteiger partial charge in [0.25, 0.3) is 0 Å². The minimum Gasteiger partial charge on any atom is -0.481 e. The second kappa shape index (κ2) is 6.57. The van der Waals surface area contributed by atoms with E-state index in [1.54, 1.807) is 0 Å². The second-order valence-electron chi connectivity index (χ2n) is 3.62. The third-order valence-corrected chi connectivity index (χ3v) is 3.12. The van der Waals surface area contributed by atoms with Gasteiger partial charge in [0.15, 0.2) is 0 Å². The van der Waals surface area contributed by atoms with Crippen LogP contribution in [0.5, 0.6) is 5.75 Å². The van der Waals surface area contributed by atoms with Crippen LogP contribution in [-0.4, -0.2) is 12.6 Å². The molecular weight excluding hydrogens is 266 g/mol. The van der Waals surface area contributed by atoms with E-state index in [0.717, 1.165) is 28.6 Å². The number of halogens is 1. The molecule has 0 saturated heterocycles. The zero-order chi connectivity index (χ0) is 12.0. The standard InChI is InChI=1S/C13H16BrNO/c1-3-7-16-12-5-6-13(14)10(9-12)8-11(15)4-2/h1,5-6,9,11H,4,7-8,15H2,2H3. The smallest absolute Gasteiger partial charge is 0.148 e. The molecule has 0 aliphatic rings. The number of ether oxygens (including phenoxy) is 1. The second-order valence-corrected chi connectivity index (χ2v) is 4.47. The van der Waals surface area contributed by atoms with E-state index >= 15 is 0 Å². The molecule has 0 radical (unpaired) electrons. The fourth-order valence-electron chi connectivity index (χ4n) is 1.35. The summed E-state index contributed by atoms with van der Waals surface area (Å²) in [4.78, 5) is 0. The number of hydrogen-bond donors (Lipinski definition) is 1. The van der Waals surface area contributed by atoms with Crippen molar-refractivity contribution in [3.63, 3.8) is 0 Å². The van der Waals surface area contributed by atoms with Crippen LogP contribution in [-0.2, 0) is 6.42 Å². The summed E-state index contributed by atoms with van der Waals surface area (Å²) in [5.74, 6) is 3.23. The Bertz CT molecular complexity index is 384. The lowest BCUT2D eigenvalue weighted by Crippen LogP contribution is -2.21. The van der Waals surface area contributed by atoms with Crippen molar-refractivity contribution in [1.29, 1.82) is 0 Å². The Kier molecular flexibility index (Phi) is 5.37. The van der Waals surface area contributed by atoms with Gasteiger partial charge in [-0.2, -0.15) is 0 Å². The average Bonchev–Trinajstić information content (AvgIpc) is 2.30. The number of benzene rings is 1. The number of nitrogens with two attached hydrogens (primary N) is 1. The summed E-state index contributed by atoms with van der Waals surface area (Å²) in [5.41, 5.74) is 7.09. The van der Waals surface area contributed by atoms with Gasteiger partial charge in [-0.15, -0.1) is 6.42 Å². The van der Waals surface area contributed by atoms with E-state index in [-0.39, 0.29) is 6.04 Å². The maximum absolute atomic E-state index is 5.93. The molecule has 1 aromatic carbocycles. The molecule has 0 heterocycles. The summed E-state index contributed by atoms with van der Waals surface area (Å²) in [7, 11) is 0. The third kappa shape index (κ3) is 3.88. The van der Waals surface area contributed by atoms with Crippen molar-refractivity contribution >= 4 is 15.9 Å². The zero-order valence-corrected chi connectivity index (χ0v) is 11.0. The first-order valence-corrected chi connectivity index (χ1v) is 6.07. The average molecular weight is 282 g/mol. The molecule has 1 unspecified atom stereocenters. The Morgan fingerprint density at radius 1 is 1.56 bits per heavy atom. The van der Waals surface area contributed by atoms with Crippen molar-refractivity contribution in [3.8, 4) is 18.1 Å². The summed E-state index contributed by atoms with van der Waals surface area (Å²) >= 11 is 3.50. The van der Waals surface area contributed by atoms with Gasteiger partial charge in [0.2, 0.25) is 0 Å². The van der Waals surface area contributed by atoms with Crippen molar-refractivity contribution in [2.45, 2.75) is 25.8 Å². The van der Waals surface area contributed by atoms with Gasteiger partial charge >= 0.3 is 0 Å². The molecular formula is C13H16BrNO. The monoisotopic (exact) mass is 281 g/mol. The van der Waals surface area contributed by atoms with Crippen LogP contribution in [0.4, 0.5) is 0 Å². The van der Waals surface area contributed by atoms with Crippen LogP contribution in [0.25, 0.3) is 0 Å². The van der Waals surface area contributed by atoms with Crippen LogP contribution in [0.15, 0.2) is 22.7 Å². The molecule has 0 spiro atoms. The lowest BCUT2D eigenvalue weighted by Gasteiger charge is -2.12. The molecule has 1 aromatic rings. The summed E-state index contributed by atoms with van der Waals surface area (Å²) in [6.45, 7) is 2.37. The first-order chi connectivity index (χ1) is 7.67. The van der Waals surface area contributed by atoms with Crippen LogP contribution >= 0.6 is 15.9 Å². The maximum Gasteiger partial charge on any atom is 0.148 e. The van der Waals surface area contributed by atoms with E-state index in [2.05, 4.69) is 28.8 Å². The molecule has 0 aliphatic heterocycles. The molecule has 2 N–H and O–H groups in total. The van der Waals surface area contributed by atoms with Crippen LogP contribution in [0.1, 0.15) is 18.9 Å². The van der Waals surface area contributed by atoms with Gasteiger partial charge in [-0.3, -0.25) is 0 Å². The topological polar surface area (TPSA) is 35.2 Å². The van der Waals surface area contributed by atoms with Gasteiger partial charge < -0.3 is 10.5 Å². The molecule has 0 fully saturated rings. The molecule has 0 aromatic heterocycles. The molecule has 16 heavy (non-hydrogen) atoms. The number of rotatable bonds is 5. The lowest BCUT2D eigenvalue weighted by atomic mass is 10.0. The highest BCUT2D eigenvalue weighted by Crippen LogP contribution is 2.24. The third-order valence-electron chi connectivity index (χ3n) is 2.35. The van der Waals surface area contributed by atoms with Crippen molar-refractivity contribution in [3.05, 3.63) is 28.2 Å². The number of terminal acetylenes is 1. The van der Waals surface area contributed by atoms with Crippen LogP contribution in [0.2, 0.25) is 0 Å². The van der Waals surface area contributed by atoms with Gasteiger partial charge in [0, 0.05) is 10.5 Å². The van der Waals surface area contributed by atoms with Crippen molar-refractivity contribution in [1.82, 2.24) is 0 Å². The molecule has 1 rings (SSSR count). The van der Waals surface area contributed by atoms with Crippen LogP contribution < -0.4 is 10.5 Å². The quantitative estimate of drug-likeness (QED) is 0.843. The van der Waals surface area contributed by atoms with Gasteiger partial charge in [-0.1, -0.05) is 28.8 Å². The first kappa shape index (κ1) is 13.1. The Morgan fingerprint density at radius 2 is 2.31 bits per heavy atom. The van der Waals surface area contributed by atoms with E-state index in [1.807, 2.05) is 18.2 Å². The van der Waals surface area contributed by atoms with Crippen molar-refractivity contribution < 1.29 is 4.74 Å². The van der Waals surface area contributed by atoms with Crippen molar-refractivity contribution in [2.75, 3.05) is 6.61 Å². The van der Waals surface area contributed by atoms with E-state index in [4.69, 9.17) is 16.9 Å². The molecule has 2 nitrogen and oxygen atoms in total. The lowest BCUT2D eigenvalue weighted by molar-refractivity contribution is 0.370. The predicted molar refractivity (Wildman–Crippen MR) is 70.4 cm³/mol. The molecule has 0 aliphatic carbocycles. The number of hydrogen-bond acceptors (Lipinski definition) is 2. The van der Waals surface area contributed by atoms with Crippen LogP contribution in [0.3, 0.4) is 0 Å². The van der Waals surface area contributed by atoms with Gasteiger partial charge in [-0.25, -0.2) is 0 Å². The summed E-state index contributed by atoms with van der Waals surface area (Å²) < 4.78 is 6.43. The molecule has 3 heteroatoms. The minimum atomic E-state index is 0.180. The minimum absolute atomic E-state index is 0.180. The highest BCUT2D eigenvalue weighted by Gasteiger charge is 2.06. The fourth-order valence-corrected chi connectivity index (χ4v) is 1.76. The summed E-state index contributed by atoms with van der Waals surface area (Å²) in [5, 5.41) is 0. The van der Waals surface area contributed by atoms with E-state index in [1.165, 1.54) is 0 Å². The highest BCUT2D eigenvalue weighted by atomic mass is 79.9. The molecule has 0 amide bonds. The van der Waals surface area contributed by atoms with Crippen molar-refractivity contribution in [2.24, 2.45) is 5.73 Å². The molecule has 0 saturated carbocycles. The molecule has 0 bridgehead atoms. The van der Waals surface area contributed by atoms with Gasteiger partial charge in [0.05, 0.1) is 0 Å². The largest absolute Gasteiger partial charge is 0.481 e. The first-order valence-electron chi connectivity index (χ1n) is 5.27. The van der Waals surface area contributed by atoms with Crippen LogP contribution in [0, 0.1) is 12.3 Å². The molecule has 86 valence electrons. The summed E-state index contributed by atoms with van der Waals surface area (Å²) in [6.07, 6.45) is 6.94. The zero-order valence-electron chi connectivity index (χ0n) is 9.37. The van der Waals surface area contributed by atoms with Gasteiger partial charge in [0.1, 0.15) is 12.4 Å². The van der Waals surface area contributed by atoms with E-state index in [9.17, 15) is 0 Å². The fraction of sp³-hybridized carbons (Fsp3) is 0.385.